The molecule has 0 aliphatic carbocycles. The van der Waals surface area contributed by atoms with E-state index in [1.54, 1.807) is 0 Å². The van der Waals surface area contributed by atoms with Crippen molar-refractivity contribution in [1.29, 1.82) is 0 Å². The highest BCUT2D eigenvalue weighted by atomic mass is 79.9. The summed E-state index contributed by atoms with van der Waals surface area (Å²) < 4.78 is 4.56. The van der Waals surface area contributed by atoms with Gasteiger partial charge in [0.15, 0.2) is 0 Å². The molecular weight excluding hydrogens is 258 g/mol. The van der Waals surface area contributed by atoms with Crippen molar-refractivity contribution in [3.05, 3.63) is 32.5 Å². The van der Waals surface area contributed by atoms with Crippen molar-refractivity contribution in [3.63, 3.8) is 0 Å². The Morgan fingerprint density at radius 2 is 2.29 bits per heavy atom. The van der Waals surface area contributed by atoms with Crippen LogP contribution in [0.4, 0.5) is 5.88 Å². The Morgan fingerprint density at radius 3 is 2.71 bits per heavy atom. The number of halogens is 1. The van der Waals surface area contributed by atoms with Crippen LogP contribution >= 0.6 is 15.9 Å². The summed E-state index contributed by atoms with van der Waals surface area (Å²) >= 11 is 2.76. The maximum Gasteiger partial charge on any atom is 0.433 e. The average Bonchev–Trinajstić information content (AvgIpc) is 2.52. The van der Waals surface area contributed by atoms with Crippen molar-refractivity contribution in [3.8, 4) is 0 Å². The van der Waals surface area contributed by atoms with Crippen LogP contribution in [0.5, 0.6) is 0 Å². The SMILES string of the molecule is O=C(O)C(Br)=Cc1ccc([N+](=O)[O-])o1. The van der Waals surface area contributed by atoms with E-state index >= 15 is 0 Å². The summed E-state index contributed by atoms with van der Waals surface area (Å²) in [5, 5.41) is 18.7. The van der Waals surface area contributed by atoms with Gasteiger partial charge in [-0.25, -0.2) is 4.79 Å². The van der Waals surface area contributed by atoms with Gasteiger partial charge >= 0.3 is 11.9 Å². The molecule has 6 nitrogen and oxygen atoms in total. The topological polar surface area (TPSA) is 93.6 Å². The van der Waals surface area contributed by atoms with E-state index in [1.165, 1.54) is 6.07 Å². The third kappa shape index (κ3) is 2.43. The number of carboxylic acids is 1. The molecule has 0 saturated heterocycles. The number of nitro groups is 1. The lowest BCUT2D eigenvalue weighted by molar-refractivity contribution is -0.402. The van der Waals surface area contributed by atoms with Gasteiger partial charge in [-0.2, -0.15) is 0 Å². The highest BCUT2D eigenvalue weighted by Gasteiger charge is 2.11. The lowest BCUT2D eigenvalue weighted by Gasteiger charge is -1.87. The lowest BCUT2D eigenvalue weighted by atomic mass is 10.4. The number of hydrogen-bond acceptors (Lipinski definition) is 4. The molecule has 1 heterocycles. The van der Waals surface area contributed by atoms with Crippen LogP contribution in [0.3, 0.4) is 0 Å². The third-order valence-corrected chi connectivity index (χ3v) is 1.83. The summed E-state index contributed by atoms with van der Waals surface area (Å²) in [6.07, 6.45) is 1.13. The Hall–Kier alpha value is -1.63. The minimum atomic E-state index is -1.18. The third-order valence-electron chi connectivity index (χ3n) is 1.27. The van der Waals surface area contributed by atoms with Crippen molar-refractivity contribution >= 4 is 33.9 Å². The number of carbonyl (C=O) groups is 1. The number of carboxylic acid groups (broad SMARTS) is 1. The van der Waals surface area contributed by atoms with Crippen molar-refractivity contribution in [2.75, 3.05) is 0 Å². The van der Waals surface area contributed by atoms with E-state index in [2.05, 4.69) is 15.9 Å². The molecule has 1 aromatic rings. The van der Waals surface area contributed by atoms with Crippen LogP contribution in [-0.2, 0) is 4.79 Å². The van der Waals surface area contributed by atoms with Crippen LogP contribution in [0.2, 0.25) is 0 Å². The van der Waals surface area contributed by atoms with E-state index in [0.717, 1.165) is 12.1 Å². The minimum Gasteiger partial charge on any atom is -0.477 e. The molecule has 14 heavy (non-hydrogen) atoms. The molecule has 0 radical (unpaired) electrons. The van der Waals surface area contributed by atoms with Crippen LogP contribution in [0.15, 0.2) is 21.0 Å². The van der Waals surface area contributed by atoms with Gasteiger partial charge in [0, 0.05) is 6.08 Å². The highest BCUT2D eigenvalue weighted by Crippen LogP contribution is 2.19. The first-order valence-electron chi connectivity index (χ1n) is 3.35. The zero-order chi connectivity index (χ0) is 10.7. The standard InChI is InChI=1S/C7H4BrNO5/c8-5(7(10)11)3-4-1-2-6(14-4)9(12)13/h1-3H,(H,10,11). The van der Waals surface area contributed by atoms with Gasteiger partial charge < -0.3 is 9.52 Å². The first-order valence-corrected chi connectivity index (χ1v) is 4.14. The molecule has 0 amide bonds. The first kappa shape index (κ1) is 10.5. The van der Waals surface area contributed by atoms with E-state index in [0.29, 0.717) is 0 Å². The van der Waals surface area contributed by atoms with Gasteiger partial charge in [0.25, 0.3) is 0 Å². The summed E-state index contributed by atoms with van der Waals surface area (Å²) in [5.74, 6) is -1.50. The predicted octanol–water partition coefficient (Wildman–Crippen LogP) is 2.01. The molecule has 74 valence electrons. The fourth-order valence-corrected chi connectivity index (χ4v) is 0.930. The van der Waals surface area contributed by atoms with Gasteiger partial charge in [-0.1, -0.05) is 0 Å². The molecule has 1 rings (SSSR count). The van der Waals surface area contributed by atoms with Crippen molar-refractivity contribution in [2.45, 2.75) is 0 Å². The quantitative estimate of drug-likeness (QED) is 0.510. The Kier molecular flexibility index (Phi) is 3.03. The molecule has 0 bridgehead atoms. The molecule has 0 aromatic carbocycles. The number of rotatable bonds is 3. The zero-order valence-electron chi connectivity index (χ0n) is 6.64. The van der Waals surface area contributed by atoms with Gasteiger partial charge in [0.2, 0.25) is 0 Å². The Labute approximate surface area is 86.1 Å². The van der Waals surface area contributed by atoms with Crippen LogP contribution in [0, 0.1) is 10.1 Å². The van der Waals surface area contributed by atoms with Gasteiger partial charge in [0.1, 0.15) is 15.2 Å². The Morgan fingerprint density at radius 1 is 1.64 bits per heavy atom. The molecule has 0 unspecified atom stereocenters. The number of hydrogen-bond donors (Lipinski definition) is 1. The second-order valence-corrected chi connectivity index (χ2v) is 3.08. The number of aliphatic carboxylic acids is 1. The second-order valence-electron chi connectivity index (χ2n) is 2.23. The summed E-state index contributed by atoms with van der Waals surface area (Å²) in [5.41, 5.74) is 0. The van der Waals surface area contributed by atoms with Gasteiger partial charge in [-0.15, -0.1) is 0 Å². The summed E-state index contributed by atoms with van der Waals surface area (Å²) in [4.78, 5) is 19.8. The van der Waals surface area contributed by atoms with Gasteiger partial charge in [0.05, 0.1) is 6.07 Å². The van der Waals surface area contributed by atoms with Crippen LogP contribution in [-0.4, -0.2) is 16.0 Å². The van der Waals surface area contributed by atoms with E-state index in [4.69, 9.17) is 9.52 Å². The monoisotopic (exact) mass is 261 g/mol. The van der Waals surface area contributed by atoms with E-state index < -0.39 is 16.8 Å². The lowest BCUT2D eigenvalue weighted by Crippen LogP contribution is -1.92. The zero-order valence-corrected chi connectivity index (χ0v) is 8.22. The molecule has 1 N–H and O–H groups in total. The molecule has 0 spiro atoms. The molecular formula is C7H4BrNO5. The van der Waals surface area contributed by atoms with Gasteiger partial charge in [-0.05, 0) is 22.0 Å². The van der Waals surface area contributed by atoms with Gasteiger partial charge in [-0.3, -0.25) is 10.1 Å². The smallest absolute Gasteiger partial charge is 0.433 e. The Balaban J connectivity index is 2.93. The molecule has 1 aromatic heterocycles. The predicted molar refractivity (Wildman–Crippen MR) is 49.9 cm³/mol. The summed E-state index contributed by atoms with van der Waals surface area (Å²) in [7, 11) is 0. The minimum absolute atomic E-state index is 0.103. The summed E-state index contributed by atoms with van der Waals surface area (Å²) in [6, 6.07) is 2.45. The second kappa shape index (κ2) is 4.05. The molecule has 7 heteroatoms. The van der Waals surface area contributed by atoms with E-state index in [1.807, 2.05) is 0 Å². The van der Waals surface area contributed by atoms with Crippen molar-refractivity contribution in [1.82, 2.24) is 0 Å². The molecule has 0 saturated carbocycles. The maximum absolute atomic E-state index is 10.4. The van der Waals surface area contributed by atoms with E-state index in [9.17, 15) is 14.9 Å². The highest BCUT2D eigenvalue weighted by molar-refractivity contribution is 9.12. The van der Waals surface area contributed by atoms with Crippen LogP contribution in [0.25, 0.3) is 6.08 Å². The molecule has 0 aliphatic rings. The van der Waals surface area contributed by atoms with Crippen molar-refractivity contribution in [2.24, 2.45) is 0 Å². The largest absolute Gasteiger partial charge is 0.477 e. The fraction of sp³-hybridized carbons (Fsp3) is 0. The van der Waals surface area contributed by atoms with Crippen molar-refractivity contribution < 1.29 is 19.2 Å². The van der Waals surface area contributed by atoms with Crippen LogP contribution < -0.4 is 0 Å². The Bertz CT molecular complexity index is 408. The molecule has 0 atom stereocenters. The molecule has 0 fully saturated rings. The number of nitrogens with zero attached hydrogens (tertiary/aromatic N) is 1. The molecule has 0 aliphatic heterocycles. The average molecular weight is 262 g/mol. The first-order chi connectivity index (χ1) is 6.50. The maximum atomic E-state index is 10.4. The summed E-state index contributed by atoms with van der Waals surface area (Å²) in [6.45, 7) is 0. The van der Waals surface area contributed by atoms with Crippen LogP contribution in [0.1, 0.15) is 5.76 Å². The number of furan rings is 1. The van der Waals surface area contributed by atoms with E-state index in [-0.39, 0.29) is 10.2 Å². The normalized spacial score (nSPS) is 11.4. The fourth-order valence-electron chi connectivity index (χ4n) is 0.705.